The van der Waals surface area contributed by atoms with Crippen molar-refractivity contribution in [3.8, 4) is 23.7 Å². The van der Waals surface area contributed by atoms with Gasteiger partial charge in [0.1, 0.15) is 0 Å². The van der Waals surface area contributed by atoms with Crippen molar-refractivity contribution >= 4 is 23.3 Å². The van der Waals surface area contributed by atoms with Crippen LogP contribution in [0.25, 0.3) is 0 Å². The number of aliphatic imine (C=N–C) groups is 2. The Kier molecular flexibility index (Phi) is 48.6. The average molecular weight is 1040 g/mol. The fourth-order valence-corrected chi connectivity index (χ4v) is 9.45. The predicted molar refractivity (Wildman–Crippen MR) is 307 cm³/mol. The Morgan fingerprint density at radius 3 is 1.00 bits per heavy atom. The fraction of sp³-hybridized carbons (Fsp3) is 0.727. The third kappa shape index (κ3) is 40.8. The maximum absolute atomic E-state index is 5.22. The molecule has 0 aliphatic heterocycles. The van der Waals surface area contributed by atoms with E-state index in [0.717, 1.165) is 87.7 Å². The summed E-state index contributed by atoms with van der Waals surface area (Å²) in [6, 6.07) is 17.3. The van der Waals surface area contributed by atoms with Crippen molar-refractivity contribution in [3.63, 3.8) is 0 Å². The maximum Gasteiger partial charge on any atom is 0.0665 e. The number of benzene rings is 2. The zero-order chi connectivity index (χ0) is 48.3. The van der Waals surface area contributed by atoms with E-state index in [9.17, 15) is 0 Å². The molecule has 0 aromatic heterocycles. The monoisotopic (exact) mass is 1030 g/mol. The smallest absolute Gasteiger partial charge is 0.0665 e. The summed E-state index contributed by atoms with van der Waals surface area (Å²) in [6.45, 7) is 6.86. The Bertz CT molecular complexity index is 1600. The molecule has 0 amide bonds. The third-order valence-corrected chi connectivity index (χ3v) is 13.9. The van der Waals surface area contributed by atoms with Gasteiger partial charge in [0.15, 0.2) is 0 Å². The molecule has 0 saturated heterocycles. The molecular formula is C66H108N2Pd. The van der Waals surface area contributed by atoms with Crippen LogP contribution in [0, 0.1) is 23.7 Å². The van der Waals surface area contributed by atoms with Crippen LogP contribution in [0.2, 0.25) is 0 Å². The quantitative estimate of drug-likeness (QED) is 0.0273. The molecule has 0 fully saturated rings. The maximum atomic E-state index is 5.22. The van der Waals surface area contributed by atoms with Gasteiger partial charge in [0.05, 0.1) is 17.1 Å². The molecule has 0 aliphatic rings. The Morgan fingerprint density at radius 2 is 0.638 bits per heavy atom. The standard InChI is InChI=1S/C66H108N2.Pd/c1-4-7-10-12-14-16-18-20-22-24-26-28-30-32-34-36-38-40-42-44-46-48-54-62-56-50-52-59-65(62)67-61-64(58-9-6-3)68-66-60-53-51-57-63(66)55-49-47-45-43-41-39-37-35-33-31-29-27-25-23-21-19-17-15-13-11-8-5-2;/h50-53,56-57,59-61H,4-41,46-49,54-55,58H2,1-3H3;/b67-61+,68-64-;. The Morgan fingerprint density at radius 1 is 0.348 bits per heavy atom. The molecule has 0 spiro atoms. The van der Waals surface area contributed by atoms with E-state index >= 15 is 0 Å². The first kappa shape index (κ1) is 64.6. The first-order valence-corrected chi connectivity index (χ1v) is 30.0. The second-order valence-corrected chi connectivity index (χ2v) is 20.5. The first-order valence-electron chi connectivity index (χ1n) is 30.0. The minimum atomic E-state index is 0. The normalized spacial score (nSPS) is 11.4. The van der Waals surface area contributed by atoms with Gasteiger partial charge in [-0.1, -0.05) is 269 Å². The van der Waals surface area contributed by atoms with E-state index in [2.05, 4.69) is 93.0 Å². The van der Waals surface area contributed by atoms with Crippen molar-refractivity contribution < 1.29 is 20.4 Å². The van der Waals surface area contributed by atoms with Gasteiger partial charge in [0.25, 0.3) is 0 Å². The van der Waals surface area contributed by atoms with Gasteiger partial charge >= 0.3 is 0 Å². The molecule has 392 valence electrons. The number of hydrogen-bond acceptors (Lipinski definition) is 2. The number of rotatable bonds is 46. The van der Waals surface area contributed by atoms with Crippen LogP contribution in [-0.4, -0.2) is 11.9 Å². The van der Waals surface area contributed by atoms with Gasteiger partial charge in [0.2, 0.25) is 0 Å². The summed E-state index contributed by atoms with van der Waals surface area (Å²) < 4.78 is 0. The molecule has 2 nitrogen and oxygen atoms in total. The fourth-order valence-electron chi connectivity index (χ4n) is 9.45. The summed E-state index contributed by atoms with van der Waals surface area (Å²) in [6.07, 6.45) is 61.6. The van der Waals surface area contributed by atoms with Crippen LogP contribution >= 0.6 is 0 Å². The molecule has 2 aromatic rings. The Hall–Kier alpha value is -2.44. The molecule has 0 saturated carbocycles. The van der Waals surface area contributed by atoms with Gasteiger partial charge in [-0.2, -0.15) is 0 Å². The predicted octanol–water partition coefficient (Wildman–Crippen LogP) is 22.1. The molecule has 0 unspecified atom stereocenters. The van der Waals surface area contributed by atoms with Crippen molar-refractivity contribution in [3.05, 3.63) is 59.7 Å². The minimum absolute atomic E-state index is 0. The molecule has 0 radical (unpaired) electrons. The Labute approximate surface area is 444 Å². The van der Waals surface area contributed by atoms with Crippen LogP contribution in [0.1, 0.15) is 308 Å². The molecule has 0 aliphatic carbocycles. The summed E-state index contributed by atoms with van der Waals surface area (Å²) in [4.78, 5) is 10.3. The minimum Gasteiger partial charge on any atom is -0.255 e. The van der Waals surface area contributed by atoms with Gasteiger partial charge in [-0.15, -0.1) is 23.7 Å². The third-order valence-electron chi connectivity index (χ3n) is 13.9. The molecule has 0 N–H and O–H groups in total. The SMILES string of the molecule is CCCCCCCCCCCCCCCCCCCC#CCCCc1ccccc1/N=C(\C=N\c1ccccc1CCCC#CCCCCCCCCCCCCCCCCCCC)CCCC.[Pd]. The molecule has 69 heavy (non-hydrogen) atoms. The van der Waals surface area contributed by atoms with E-state index in [1.54, 1.807) is 0 Å². The second-order valence-electron chi connectivity index (χ2n) is 20.5. The van der Waals surface area contributed by atoms with Crippen molar-refractivity contribution in [2.75, 3.05) is 0 Å². The number of para-hydroxylation sites is 2. The molecule has 0 atom stereocenters. The number of unbranched alkanes of at least 4 members (excludes halogenated alkanes) is 37. The van der Waals surface area contributed by atoms with E-state index in [-0.39, 0.29) is 20.4 Å². The zero-order valence-electron chi connectivity index (χ0n) is 45.7. The summed E-state index contributed by atoms with van der Waals surface area (Å²) in [7, 11) is 0. The van der Waals surface area contributed by atoms with E-state index < -0.39 is 0 Å². The van der Waals surface area contributed by atoms with Crippen molar-refractivity contribution in [1.29, 1.82) is 0 Å². The van der Waals surface area contributed by atoms with Crippen molar-refractivity contribution in [1.82, 2.24) is 0 Å². The van der Waals surface area contributed by atoms with Gasteiger partial charge < -0.3 is 0 Å². The van der Waals surface area contributed by atoms with Crippen LogP contribution in [0.5, 0.6) is 0 Å². The second kappa shape index (κ2) is 51.9. The van der Waals surface area contributed by atoms with Gasteiger partial charge in [-0.05, 0) is 74.6 Å². The molecule has 0 bridgehead atoms. The van der Waals surface area contributed by atoms with Gasteiger partial charge in [0, 0.05) is 52.3 Å². The molecular weight excluding hydrogens is 927 g/mol. The van der Waals surface area contributed by atoms with E-state index in [4.69, 9.17) is 9.98 Å². The molecule has 2 aromatic carbocycles. The number of aryl methyl sites for hydroxylation is 2. The van der Waals surface area contributed by atoms with E-state index in [1.165, 1.54) is 229 Å². The first-order chi connectivity index (χ1) is 33.8. The van der Waals surface area contributed by atoms with Crippen LogP contribution in [0.4, 0.5) is 11.4 Å². The summed E-state index contributed by atoms with van der Waals surface area (Å²) in [5.74, 6) is 13.9. The summed E-state index contributed by atoms with van der Waals surface area (Å²) in [5.41, 5.74) is 5.84. The van der Waals surface area contributed by atoms with Crippen LogP contribution in [0.15, 0.2) is 58.5 Å². The average Bonchev–Trinajstić information content (AvgIpc) is 3.36. The van der Waals surface area contributed by atoms with Gasteiger partial charge in [-0.25, -0.2) is 0 Å². The zero-order valence-corrected chi connectivity index (χ0v) is 47.3. The number of hydrogen-bond donors (Lipinski definition) is 0. The van der Waals surface area contributed by atoms with Crippen LogP contribution < -0.4 is 0 Å². The van der Waals surface area contributed by atoms with Crippen LogP contribution in [-0.2, 0) is 33.3 Å². The van der Waals surface area contributed by atoms with E-state index in [0.29, 0.717) is 0 Å². The summed E-state index contributed by atoms with van der Waals surface area (Å²) in [5, 5.41) is 0. The summed E-state index contributed by atoms with van der Waals surface area (Å²) >= 11 is 0. The molecule has 2 rings (SSSR count). The topological polar surface area (TPSA) is 24.7 Å². The van der Waals surface area contributed by atoms with Gasteiger partial charge in [-0.3, -0.25) is 9.98 Å². The molecule has 0 heterocycles. The van der Waals surface area contributed by atoms with E-state index in [1.807, 2.05) is 6.21 Å². The van der Waals surface area contributed by atoms with Crippen molar-refractivity contribution in [2.24, 2.45) is 9.98 Å². The molecule has 3 heteroatoms. The van der Waals surface area contributed by atoms with Crippen molar-refractivity contribution in [2.45, 2.75) is 310 Å². The largest absolute Gasteiger partial charge is 0.255 e. The Balaban J connectivity index is 0.0000238. The number of nitrogens with zero attached hydrogens (tertiary/aromatic N) is 2. The van der Waals surface area contributed by atoms with Crippen LogP contribution in [0.3, 0.4) is 0 Å².